The van der Waals surface area contributed by atoms with E-state index in [-0.39, 0.29) is 40.1 Å². The average molecular weight is 620 g/mol. The Hall–Kier alpha value is -2.84. The van der Waals surface area contributed by atoms with E-state index in [1.165, 1.54) is 10.9 Å². The number of fused-ring (bicyclic) bond motifs is 2. The van der Waals surface area contributed by atoms with Gasteiger partial charge in [0.05, 0.1) is 12.6 Å². The molecule has 1 saturated heterocycles. The molecule has 8 atom stereocenters. The van der Waals surface area contributed by atoms with Gasteiger partial charge in [0.25, 0.3) is 0 Å². The zero-order valence-electron chi connectivity index (χ0n) is 25.3. The predicted molar refractivity (Wildman–Crippen MR) is 163 cm³/mol. The maximum Gasteiger partial charge on any atom is 0.410 e. The molecule has 1 amide bonds. The van der Waals surface area contributed by atoms with Gasteiger partial charge in [0, 0.05) is 38.8 Å². The number of halogens is 2. The van der Waals surface area contributed by atoms with Crippen LogP contribution in [0.2, 0.25) is 0 Å². The molecular weight excluding hydrogens is 580 g/mol. The van der Waals surface area contributed by atoms with Gasteiger partial charge in [0.2, 0.25) is 0 Å². The first-order valence-electron chi connectivity index (χ1n) is 16.1. The lowest BCUT2D eigenvalue weighted by Crippen LogP contribution is -2.67. The summed E-state index contributed by atoms with van der Waals surface area (Å²) in [4.78, 5) is 31.0. The van der Waals surface area contributed by atoms with Gasteiger partial charge in [-0.15, -0.1) is 11.3 Å². The number of Topliss-reactive ketones (excluding diaryl/α,β-unsaturated/α-hetero) is 1. The lowest BCUT2D eigenvalue weighted by molar-refractivity contribution is -0.164. The number of carbonyl (C=O) groups excluding carboxylic acids is 2. The van der Waals surface area contributed by atoms with Crippen LogP contribution in [-0.2, 0) is 11.2 Å². The third-order valence-electron chi connectivity index (χ3n) is 13.3. The fraction of sp³-hybridized carbons (Fsp3) is 0.556. The third-order valence-corrected chi connectivity index (χ3v) is 14.2. The Bertz CT molecular complexity index is 1620. The number of aliphatic hydroxyl groups excluding tert-OH is 1. The van der Waals surface area contributed by atoms with Crippen molar-refractivity contribution in [3.8, 4) is 0 Å². The molecular formula is C36H39F2NO4S. The van der Waals surface area contributed by atoms with Crippen LogP contribution >= 0.6 is 11.3 Å². The van der Waals surface area contributed by atoms with Crippen LogP contribution in [0.3, 0.4) is 0 Å². The summed E-state index contributed by atoms with van der Waals surface area (Å²) in [6, 6.07) is 7.55. The summed E-state index contributed by atoms with van der Waals surface area (Å²) in [7, 11) is 0. The molecule has 2 heterocycles. The summed E-state index contributed by atoms with van der Waals surface area (Å²) in [5.74, 6) is -2.12. The van der Waals surface area contributed by atoms with E-state index in [1.54, 1.807) is 11.3 Å². The summed E-state index contributed by atoms with van der Waals surface area (Å²) in [5, 5.41) is 12.9. The molecule has 1 aromatic heterocycles. The van der Waals surface area contributed by atoms with Crippen molar-refractivity contribution in [1.82, 2.24) is 4.90 Å². The van der Waals surface area contributed by atoms with Gasteiger partial charge in [-0.3, -0.25) is 4.79 Å². The van der Waals surface area contributed by atoms with Gasteiger partial charge in [-0.2, -0.15) is 0 Å². The van der Waals surface area contributed by atoms with Crippen molar-refractivity contribution in [3.05, 3.63) is 81.6 Å². The Balaban J connectivity index is 1.22. The zero-order chi connectivity index (χ0) is 30.7. The fourth-order valence-corrected chi connectivity index (χ4v) is 11.7. The molecule has 4 fully saturated rings. The van der Waals surface area contributed by atoms with E-state index in [4.69, 9.17) is 4.74 Å². The normalized spacial score (nSPS) is 41.8. The maximum atomic E-state index is 14.5. The number of carbonyl (C=O) groups is 2. The van der Waals surface area contributed by atoms with E-state index in [0.29, 0.717) is 25.1 Å². The Morgan fingerprint density at radius 1 is 1.05 bits per heavy atom. The first-order valence-corrected chi connectivity index (χ1v) is 17.0. The average Bonchev–Trinajstić information content (AvgIpc) is 3.71. The topological polar surface area (TPSA) is 66.8 Å². The van der Waals surface area contributed by atoms with Crippen LogP contribution in [0.1, 0.15) is 74.0 Å². The summed E-state index contributed by atoms with van der Waals surface area (Å²) in [5.41, 5.74) is -1.51. The van der Waals surface area contributed by atoms with E-state index < -0.39 is 34.2 Å². The molecule has 7 aliphatic rings. The van der Waals surface area contributed by atoms with Gasteiger partial charge >= 0.3 is 6.09 Å². The van der Waals surface area contributed by atoms with Crippen molar-refractivity contribution < 1.29 is 28.2 Å². The second-order valence-corrected chi connectivity index (χ2v) is 15.9. The van der Waals surface area contributed by atoms with Gasteiger partial charge in [-0.1, -0.05) is 38.1 Å². The van der Waals surface area contributed by atoms with Crippen LogP contribution < -0.4 is 0 Å². The minimum absolute atomic E-state index is 0.0255. The highest BCUT2D eigenvalue weighted by atomic mass is 32.1. The van der Waals surface area contributed by atoms with Crippen LogP contribution in [0.15, 0.2) is 59.5 Å². The lowest BCUT2D eigenvalue weighted by Gasteiger charge is -2.71. The molecule has 2 bridgehead atoms. The highest BCUT2D eigenvalue weighted by Gasteiger charge is 2.76. The summed E-state index contributed by atoms with van der Waals surface area (Å²) in [6.07, 6.45) is 12.1. The Kier molecular flexibility index (Phi) is 6.08. The molecule has 9 rings (SSSR count). The van der Waals surface area contributed by atoms with Crippen molar-refractivity contribution >= 4 is 23.2 Å². The number of hydrogen-bond donors (Lipinski definition) is 1. The number of hydrogen-bond acceptors (Lipinski definition) is 5. The minimum Gasteiger partial charge on any atom is -0.440 e. The Labute approximate surface area is 261 Å². The van der Waals surface area contributed by atoms with Gasteiger partial charge in [0.15, 0.2) is 17.4 Å². The molecule has 1 aromatic carbocycles. The predicted octanol–water partition coefficient (Wildman–Crippen LogP) is 7.50. The molecule has 1 N–H and O–H groups in total. The second kappa shape index (κ2) is 9.35. The summed E-state index contributed by atoms with van der Waals surface area (Å²) < 4.78 is 34.8. The van der Waals surface area contributed by atoms with Crippen LogP contribution in [-0.4, -0.2) is 46.7 Å². The molecule has 0 unspecified atom stereocenters. The number of ether oxygens (including phenoxy) is 1. The first kappa shape index (κ1) is 28.6. The number of aliphatic hydroxyl groups is 1. The number of thiophene rings is 1. The first-order chi connectivity index (χ1) is 21.0. The van der Waals surface area contributed by atoms with E-state index >= 15 is 0 Å². The minimum atomic E-state index is -1.04. The molecule has 3 saturated carbocycles. The number of amides is 1. The molecule has 5 nitrogen and oxygen atoms in total. The standard InChI is InChI=1S/C36H39F2NO4S/c1-32-11-7-23(40)19-34(32)14-15-36(25(20-34)30(41)22-5-6-26(37)27(38)18-22)28(32)8-12-33(2)29(36)9-13-35(33)21-39(31(42)43-35)16-10-24-4-3-17-44-24/h3-6,14-15,17-18,20,23,28-29,40H,7-13,16,19,21H2,1-2H3/t23-,28+,29+,32+,33-,34-,35+,36-/m0/s1. The summed E-state index contributed by atoms with van der Waals surface area (Å²) in [6.45, 7) is 5.76. The van der Waals surface area contributed by atoms with Gasteiger partial charge in [0.1, 0.15) is 5.60 Å². The highest BCUT2D eigenvalue weighted by molar-refractivity contribution is 7.09. The van der Waals surface area contributed by atoms with Crippen LogP contribution in [0, 0.1) is 45.1 Å². The number of rotatable bonds is 5. The Morgan fingerprint density at radius 3 is 2.59 bits per heavy atom. The van der Waals surface area contributed by atoms with Gasteiger partial charge in [-0.05, 0) is 98.3 Å². The van der Waals surface area contributed by atoms with Gasteiger partial charge in [-0.25, -0.2) is 13.6 Å². The Morgan fingerprint density at radius 2 is 1.82 bits per heavy atom. The monoisotopic (exact) mass is 619 g/mol. The lowest BCUT2D eigenvalue weighted by atomic mass is 9.32. The summed E-state index contributed by atoms with van der Waals surface area (Å²) >= 11 is 1.69. The molecule has 2 aromatic rings. The van der Waals surface area contributed by atoms with E-state index in [9.17, 15) is 23.5 Å². The molecule has 6 aliphatic carbocycles. The quantitative estimate of drug-likeness (QED) is 0.278. The van der Waals surface area contributed by atoms with Crippen molar-refractivity contribution in [2.45, 2.75) is 76.9 Å². The van der Waals surface area contributed by atoms with Crippen molar-refractivity contribution in [3.63, 3.8) is 0 Å². The van der Waals surface area contributed by atoms with E-state index in [2.05, 4.69) is 43.5 Å². The molecule has 44 heavy (non-hydrogen) atoms. The van der Waals surface area contributed by atoms with Crippen molar-refractivity contribution in [2.75, 3.05) is 13.1 Å². The van der Waals surface area contributed by atoms with E-state index in [1.807, 2.05) is 11.0 Å². The van der Waals surface area contributed by atoms with Crippen molar-refractivity contribution in [2.24, 2.45) is 33.5 Å². The highest BCUT2D eigenvalue weighted by Crippen LogP contribution is 2.79. The largest absolute Gasteiger partial charge is 0.440 e. The smallest absolute Gasteiger partial charge is 0.410 e. The molecule has 232 valence electrons. The van der Waals surface area contributed by atoms with Crippen molar-refractivity contribution in [1.29, 1.82) is 0 Å². The van der Waals surface area contributed by atoms with E-state index in [0.717, 1.165) is 57.1 Å². The number of benzene rings is 1. The molecule has 3 spiro atoms. The third kappa shape index (κ3) is 3.53. The molecule has 8 heteroatoms. The SMILES string of the molecule is C[C@]12CC[C@H]3[C@@]4(C=C[C@@]5(C=C4C(=O)c4ccc(F)c(F)c4)C[C@@H](O)CC[C@]35C)[C@@H]1CC[C@@]21CN(CCc2cccs2)C(=O)O1. The van der Waals surface area contributed by atoms with Crippen LogP contribution in [0.4, 0.5) is 13.6 Å². The number of nitrogens with zero attached hydrogens (tertiary/aromatic N) is 1. The van der Waals surface area contributed by atoms with Gasteiger partial charge < -0.3 is 14.7 Å². The van der Waals surface area contributed by atoms with Crippen LogP contribution in [0.25, 0.3) is 0 Å². The maximum absolute atomic E-state index is 14.5. The number of allylic oxidation sites excluding steroid dienone is 4. The fourth-order valence-electron chi connectivity index (χ4n) is 11.0. The molecule has 1 aliphatic heterocycles. The molecule has 0 radical (unpaired) electrons. The number of ketones is 1. The zero-order valence-corrected chi connectivity index (χ0v) is 26.1. The van der Waals surface area contributed by atoms with Crippen LogP contribution in [0.5, 0.6) is 0 Å². The second-order valence-electron chi connectivity index (χ2n) is 14.8.